The van der Waals surface area contributed by atoms with Crippen LogP contribution in [-0.2, 0) is 9.53 Å². The van der Waals surface area contributed by atoms with Gasteiger partial charge in [0.1, 0.15) is 5.82 Å². The van der Waals surface area contributed by atoms with Crippen LogP contribution in [0, 0.1) is 5.82 Å². The highest BCUT2D eigenvalue weighted by Gasteiger charge is 2.16. The number of ether oxygens (including phenoxy) is 3. The molecule has 0 spiro atoms. The summed E-state index contributed by atoms with van der Waals surface area (Å²) in [6.45, 7) is 0. The number of hydrogen-bond acceptors (Lipinski definition) is 5. The van der Waals surface area contributed by atoms with Crippen molar-refractivity contribution in [2.45, 2.75) is 0 Å². The van der Waals surface area contributed by atoms with Crippen LogP contribution in [0.2, 0.25) is 5.02 Å². The molecule has 0 bridgehead atoms. The molecule has 0 saturated carbocycles. The molecule has 0 aromatic heterocycles. The van der Waals surface area contributed by atoms with E-state index in [1.165, 1.54) is 38.5 Å². The molecule has 0 N–H and O–H groups in total. The van der Waals surface area contributed by atoms with Crippen LogP contribution < -0.4 is 9.47 Å². The molecule has 0 saturated heterocycles. The highest BCUT2D eigenvalue weighted by molar-refractivity contribution is 6.33. The second-order valence-corrected chi connectivity index (χ2v) is 5.19. The Labute approximate surface area is 148 Å². The third kappa shape index (κ3) is 4.81. The van der Waals surface area contributed by atoms with Crippen LogP contribution in [0.5, 0.6) is 11.5 Å². The Morgan fingerprint density at radius 1 is 1.08 bits per heavy atom. The topological polar surface area (TPSA) is 61.8 Å². The van der Waals surface area contributed by atoms with Crippen molar-refractivity contribution in [1.82, 2.24) is 0 Å². The minimum absolute atomic E-state index is 0.0276. The zero-order chi connectivity index (χ0) is 18.4. The lowest BCUT2D eigenvalue weighted by Gasteiger charge is -2.10. The molecular weight excluding hydrogens is 351 g/mol. The van der Waals surface area contributed by atoms with Gasteiger partial charge in [-0.3, -0.25) is 0 Å². The number of rotatable bonds is 5. The molecule has 25 heavy (non-hydrogen) atoms. The number of carbonyl (C=O) groups excluding carboxylic acids is 2. The van der Waals surface area contributed by atoms with Gasteiger partial charge in [0.25, 0.3) is 0 Å². The van der Waals surface area contributed by atoms with Crippen LogP contribution >= 0.6 is 11.6 Å². The molecule has 2 rings (SSSR count). The van der Waals surface area contributed by atoms with Crippen molar-refractivity contribution >= 4 is 29.6 Å². The van der Waals surface area contributed by atoms with E-state index in [1.54, 1.807) is 12.1 Å². The average Bonchev–Trinajstić information content (AvgIpc) is 2.60. The van der Waals surface area contributed by atoms with E-state index in [1.807, 2.05) is 0 Å². The average molecular weight is 365 g/mol. The Bertz CT molecular complexity index is 832. The van der Waals surface area contributed by atoms with Gasteiger partial charge in [-0.1, -0.05) is 17.7 Å². The van der Waals surface area contributed by atoms with Crippen LogP contribution in [-0.4, -0.2) is 26.2 Å². The summed E-state index contributed by atoms with van der Waals surface area (Å²) in [5.41, 5.74) is 0.668. The summed E-state index contributed by atoms with van der Waals surface area (Å²) in [5.74, 6) is -1.37. The van der Waals surface area contributed by atoms with Crippen molar-refractivity contribution < 1.29 is 28.2 Å². The third-order valence-electron chi connectivity index (χ3n) is 3.15. The van der Waals surface area contributed by atoms with Gasteiger partial charge in [-0.05, 0) is 42.0 Å². The molecule has 7 heteroatoms. The monoisotopic (exact) mass is 364 g/mol. The fourth-order valence-electron chi connectivity index (χ4n) is 1.91. The van der Waals surface area contributed by atoms with E-state index in [0.29, 0.717) is 5.56 Å². The second-order valence-electron chi connectivity index (χ2n) is 4.78. The number of hydrogen-bond donors (Lipinski definition) is 0. The first kappa shape index (κ1) is 18.5. The van der Waals surface area contributed by atoms with Crippen molar-refractivity contribution in [3.63, 3.8) is 0 Å². The highest BCUT2D eigenvalue weighted by Crippen LogP contribution is 2.30. The summed E-state index contributed by atoms with van der Waals surface area (Å²) in [6, 6.07) is 8.08. The van der Waals surface area contributed by atoms with E-state index < -0.39 is 17.8 Å². The Balaban J connectivity index is 2.23. The van der Waals surface area contributed by atoms with Gasteiger partial charge in [0, 0.05) is 6.08 Å². The maximum Gasteiger partial charge on any atom is 0.345 e. The summed E-state index contributed by atoms with van der Waals surface area (Å²) >= 11 is 5.85. The number of benzene rings is 2. The smallest absolute Gasteiger partial charge is 0.345 e. The summed E-state index contributed by atoms with van der Waals surface area (Å²) < 4.78 is 28.0. The van der Waals surface area contributed by atoms with Crippen molar-refractivity contribution in [2.75, 3.05) is 14.2 Å². The number of methoxy groups -OCH3 is 2. The van der Waals surface area contributed by atoms with Crippen LogP contribution in [0.1, 0.15) is 15.9 Å². The van der Waals surface area contributed by atoms with Crippen LogP contribution in [0.25, 0.3) is 6.08 Å². The van der Waals surface area contributed by atoms with Crippen LogP contribution in [0.4, 0.5) is 4.39 Å². The van der Waals surface area contributed by atoms with Crippen molar-refractivity contribution in [2.24, 2.45) is 0 Å². The van der Waals surface area contributed by atoms with Crippen LogP contribution in [0.15, 0.2) is 42.5 Å². The standard InChI is InChI=1S/C18H14ClFO5/c1-23-16-9-11(4-8-17(21)24-2)3-7-15(16)25-18(22)13-6-5-12(20)10-14(13)19/h3-10H,1-2H3/b8-4+. The predicted octanol–water partition coefficient (Wildman–Crippen LogP) is 3.89. The number of carbonyl (C=O) groups is 2. The minimum Gasteiger partial charge on any atom is -0.493 e. The van der Waals surface area contributed by atoms with E-state index in [0.717, 1.165) is 12.1 Å². The lowest BCUT2D eigenvalue weighted by atomic mass is 10.2. The lowest BCUT2D eigenvalue weighted by Crippen LogP contribution is -2.10. The van der Waals surface area contributed by atoms with E-state index in [2.05, 4.69) is 4.74 Å². The minimum atomic E-state index is -0.749. The van der Waals surface area contributed by atoms with Crippen molar-refractivity contribution in [3.05, 3.63) is 64.4 Å². The quantitative estimate of drug-likeness (QED) is 0.457. The van der Waals surface area contributed by atoms with Gasteiger partial charge in [0.15, 0.2) is 11.5 Å². The lowest BCUT2D eigenvalue weighted by molar-refractivity contribution is -0.134. The Morgan fingerprint density at radius 3 is 2.48 bits per heavy atom. The molecule has 2 aromatic rings. The van der Waals surface area contributed by atoms with Gasteiger partial charge < -0.3 is 14.2 Å². The van der Waals surface area contributed by atoms with E-state index in [4.69, 9.17) is 21.1 Å². The van der Waals surface area contributed by atoms with Gasteiger partial charge in [-0.15, -0.1) is 0 Å². The molecular formula is C18H14ClFO5. The van der Waals surface area contributed by atoms with Crippen molar-refractivity contribution in [1.29, 1.82) is 0 Å². The van der Waals surface area contributed by atoms with Gasteiger partial charge in [-0.2, -0.15) is 0 Å². The summed E-state index contributed by atoms with van der Waals surface area (Å²) in [4.78, 5) is 23.3. The first-order chi connectivity index (χ1) is 11.9. The second kappa shape index (κ2) is 8.30. The van der Waals surface area contributed by atoms with E-state index in [9.17, 15) is 14.0 Å². The number of halogens is 2. The third-order valence-corrected chi connectivity index (χ3v) is 3.47. The summed E-state index contributed by atoms with van der Waals surface area (Å²) in [5, 5.41) is -0.0541. The fourth-order valence-corrected chi connectivity index (χ4v) is 2.16. The van der Waals surface area contributed by atoms with Crippen LogP contribution in [0.3, 0.4) is 0 Å². The maximum atomic E-state index is 13.1. The zero-order valence-corrected chi connectivity index (χ0v) is 14.2. The van der Waals surface area contributed by atoms with Gasteiger partial charge in [-0.25, -0.2) is 14.0 Å². The Kier molecular flexibility index (Phi) is 6.14. The zero-order valence-electron chi connectivity index (χ0n) is 13.4. The summed E-state index contributed by atoms with van der Waals surface area (Å²) in [7, 11) is 2.68. The molecule has 5 nitrogen and oxygen atoms in total. The first-order valence-electron chi connectivity index (χ1n) is 7.06. The molecule has 0 atom stereocenters. The molecule has 0 amide bonds. The number of esters is 2. The molecule has 0 aliphatic heterocycles. The largest absolute Gasteiger partial charge is 0.493 e. The molecule has 0 heterocycles. The maximum absolute atomic E-state index is 13.1. The van der Waals surface area contributed by atoms with Gasteiger partial charge in [0.2, 0.25) is 0 Å². The molecule has 130 valence electrons. The molecule has 0 unspecified atom stereocenters. The van der Waals surface area contributed by atoms with E-state index in [-0.39, 0.29) is 22.1 Å². The fraction of sp³-hybridized carbons (Fsp3) is 0.111. The predicted molar refractivity (Wildman–Crippen MR) is 90.4 cm³/mol. The molecule has 0 aliphatic carbocycles. The SMILES string of the molecule is COC(=O)/C=C/c1ccc(OC(=O)c2ccc(F)cc2Cl)c(OC)c1. The Morgan fingerprint density at radius 2 is 1.84 bits per heavy atom. The van der Waals surface area contributed by atoms with Gasteiger partial charge in [0.05, 0.1) is 24.8 Å². The van der Waals surface area contributed by atoms with E-state index >= 15 is 0 Å². The molecule has 0 radical (unpaired) electrons. The highest BCUT2D eigenvalue weighted by atomic mass is 35.5. The first-order valence-corrected chi connectivity index (χ1v) is 7.43. The Hall–Kier alpha value is -2.86. The summed E-state index contributed by atoms with van der Waals surface area (Å²) in [6.07, 6.45) is 2.77. The molecule has 0 fully saturated rings. The van der Waals surface area contributed by atoms with Gasteiger partial charge >= 0.3 is 11.9 Å². The normalized spacial score (nSPS) is 10.6. The van der Waals surface area contributed by atoms with Crippen molar-refractivity contribution in [3.8, 4) is 11.5 Å². The molecule has 2 aromatic carbocycles. The molecule has 0 aliphatic rings.